The quantitative estimate of drug-likeness (QED) is 0.327. The molecule has 0 amide bonds. The predicted molar refractivity (Wildman–Crippen MR) is 120 cm³/mol. The molecule has 1 aromatic carbocycles. The van der Waals surface area contributed by atoms with Crippen LogP contribution < -0.4 is 20.1 Å². The molecule has 0 radical (unpaired) electrons. The van der Waals surface area contributed by atoms with Gasteiger partial charge in [-0.25, -0.2) is 4.99 Å². The van der Waals surface area contributed by atoms with E-state index in [9.17, 15) is 0 Å². The van der Waals surface area contributed by atoms with Crippen LogP contribution in [0.1, 0.15) is 31.7 Å². The summed E-state index contributed by atoms with van der Waals surface area (Å²) < 4.78 is 11.3. The lowest BCUT2D eigenvalue weighted by atomic mass is 10.3. The molecular formula is C19H28IN3O2S. The average Bonchev–Trinajstić information content (AvgIpc) is 3.15. The number of methoxy groups -OCH3 is 1. The molecule has 0 saturated heterocycles. The number of guanidine groups is 1. The van der Waals surface area contributed by atoms with Crippen molar-refractivity contribution in [1.29, 1.82) is 0 Å². The number of nitrogens with zero attached hydrogens (tertiary/aromatic N) is 1. The summed E-state index contributed by atoms with van der Waals surface area (Å²) in [6.45, 7) is 7.55. The van der Waals surface area contributed by atoms with E-state index in [1.54, 1.807) is 18.4 Å². The molecule has 5 nitrogen and oxygen atoms in total. The monoisotopic (exact) mass is 489 g/mol. The zero-order chi connectivity index (χ0) is 18.1. The number of para-hydroxylation sites is 2. The molecule has 0 spiro atoms. The zero-order valence-electron chi connectivity index (χ0n) is 15.7. The Morgan fingerprint density at radius 2 is 1.88 bits per heavy atom. The lowest BCUT2D eigenvalue weighted by molar-refractivity contribution is 0.219. The first-order valence-corrected chi connectivity index (χ1v) is 9.40. The molecule has 0 bridgehead atoms. The molecule has 144 valence electrons. The summed E-state index contributed by atoms with van der Waals surface area (Å²) in [4.78, 5) is 5.93. The lowest BCUT2D eigenvalue weighted by Gasteiger charge is -2.19. The fraction of sp³-hybridized carbons (Fsp3) is 0.421. The van der Waals surface area contributed by atoms with E-state index in [1.807, 2.05) is 31.2 Å². The topological polar surface area (TPSA) is 54.9 Å². The van der Waals surface area contributed by atoms with Gasteiger partial charge in [0.05, 0.1) is 19.7 Å². The third kappa shape index (κ3) is 7.03. The van der Waals surface area contributed by atoms with Gasteiger partial charge in [-0.05, 0) is 44.4 Å². The van der Waals surface area contributed by atoms with E-state index in [1.165, 1.54) is 4.88 Å². The van der Waals surface area contributed by atoms with Gasteiger partial charge in [-0.2, -0.15) is 0 Å². The smallest absolute Gasteiger partial charge is 0.191 e. The summed E-state index contributed by atoms with van der Waals surface area (Å²) in [6, 6.07) is 12.0. The highest BCUT2D eigenvalue weighted by atomic mass is 127. The summed E-state index contributed by atoms with van der Waals surface area (Å²) >= 11 is 1.74. The van der Waals surface area contributed by atoms with Crippen LogP contribution in [-0.4, -0.2) is 32.3 Å². The second-order valence-corrected chi connectivity index (χ2v) is 6.66. The van der Waals surface area contributed by atoms with Crippen molar-refractivity contribution >= 4 is 41.3 Å². The van der Waals surface area contributed by atoms with Crippen molar-refractivity contribution in [3.8, 4) is 11.5 Å². The Balaban J connectivity index is 0.00000338. The van der Waals surface area contributed by atoms with E-state index in [0.29, 0.717) is 6.54 Å². The molecule has 0 fully saturated rings. The van der Waals surface area contributed by atoms with Gasteiger partial charge in [0, 0.05) is 11.4 Å². The van der Waals surface area contributed by atoms with Crippen molar-refractivity contribution in [3.05, 3.63) is 46.7 Å². The van der Waals surface area contributed by atoms with Gasteiger partial charge in [-0.1, -0.05) is 18.2 Å². The third-order valence-corrected chi connectivity index (χ3v) is 4.63. The van der Waals surface area contributed by atoms with Crippen molar-refractivity contribution in [3.63, 3.8) is 0 Å². The largest absolute Gasteiger partial charge is 0.493 e. The van der Waals surface area contributed by atoms with Gasteiger partial charge in [0.25, 0.3) is 0 Å². The highest BCUT2D eigenvalue weighted by molar-refractivity contribution is 14.0. The molecule has 2 atom stereocenters. The fourth-order valence-corrected chi connectivity index (χ4v) is 3.06. The van der Waals surface area contributed by atoms with E-state index in [4.69, 9.17) is 9.47 Å². The first-order chi connectivity index (χ1) is 12.1. The van der Waals surface area contributed by atoms with Crippen molar-refractivity contribution in [1.82, 2.24) is 10.6 Å². The number of benzene rings is 1. The maximum absolute atomic E-state index is 5.96. The molecule has 0 aliphatic heterocycles. The summed E-state index contributed by atoms with van der Waals surface area (Å²) in [7, 11) is 1.64. The van der Waals surface area contributed by atoms with Crippen LogP contribution in [0.5, 0.6) is 11.5 Å². The van der Waals surface area contributed by atoms with Gasteiger partial charge in [-0.3, -0.25) is 0 Å². The molecule has 1 aromatic heterocycles. The number of thiophene rings is 1. The second kappa shape index (κ2) is 12.0. The molecule has 2 N–H and O–H groups in total. The summed E-state index contributed by atoms with van der Waals surface area (Å²) in [5, 5.41) is 8.80. The molecule has 2 rings (SSSR count). The summed E-state index contributed by atoms with van der Waals surface area (Å²) in [5.74, 6) is 2.26. The van der Waals surface area contributed by atoms with Crippen LogP contribution in [0.15, 0.2) is 46.8 Å². The van der Waals surface area contributed by atoms with Crippen LogP contribution in [0, 0.1) is 0 Å². The second-order valence-electron chi connectivity index (χ2n) is 5.68. The SMILES string of the molecule is CCNC(=NCC(C)Oc1ccccc1OC)NC(C)c1cccs1.I. The van der Waals surface area contributed by atoms with Crippen LogP contribution in [0.4, 0.5) is 0 Å². The fourth-order valence-electron chi connectivity index (χ4n) is 2.32. The number of aliphatic imine (C=N–C) groups is 1. The van der Waals surface area contributed by atoms with Crippen LogP contribution in [0.2, 0.25) is 0 Å². The minimum Gasteiger partial charge on any atom is -0.493 e. The number of rotatable bonds is 8. The normalized spacial score (nSPS) is 13.3. The zero-order valence-corrected chi connectivity index (χ0v) is 18.8. The van der Waals surface area contributed by atoms with Crippen LogP contribution in [0.25, 0.3) is 0 Å². The Bertz CT molecular complexity index is 665. The van der Waals surface area contributed by atoms with E-state index >= 15 is 0 Å². The van der Waals surface area contributed by atoms with Gasteiger partial charge in [0.2, 0.25) is 0 Å². The number of ether oxygens (including phenoxy) is 2. The van der Waals surface area contributed by atoms with E-state index in [0.717, 1.165) is 24.0 Å². The van der Waals surface area contributed by atoms with Crippen molar-refractivity contribution < 1.29 is 9.47 Å². The highest BCUT2D eigenvalue weighted by Gasteiger charge is 2.11. The number of hydrogen-bond donors (Lipinski definition) is 2. The minimum absolute atomic E-state index is 0. The van der Waals surface area contributed by atoms with Gasteiger partial charge in [0.1, 0.15) is 6.10 Å². The summed E-state index contributed by atoms with van der Waals surface area (Å²) in [6.07, 6.45) is -0.0659. The van der Waals surface area contributed by atoms with Crippen LogP contribution >= 0.6 is 35.3 Å². The molecular weight excluding hydrogens is 461 g/mol. The highest BCUT2D eigenvalue weighted by Crippen LogP contribution is 2.26. The minimum atomic E-state index is -0.0659. The van der Waals surface area contributed by atoms with E-state index in [2.05, 4.69) is 47.0 Å². The van der Waals surface area contributed by atoms with E-state index < -0.39 is 0 Å². The van der Waals surface area contributed by atoms with Gasteiger partial charge >= 0.3 is 0 Å². The third-order valence-electron chi connectivity index (χ3n) is 3.57. The average molecular weight is 489 g/mol. The van der Waals surface area contributed by atoms with Gasteiger partial charge < -0.3 is 20.1 Å². The Morgan fingerprint density at radius 3 is 2.50 bits per heavy atom. The molecule has 0 saturated carbocycles. The molecule has 7 heteroatoms. The number of halogens is 1. The van der Waals surface area contributed by atoms with Crippen molar-refractivity contribution in [2.45, 2.75) is 32.9 Å². The first-order valence-electron chi connectivity index (χ1n) is 8.52. The van der Waals surface area contributed by atoms with Gasteiger partial charge in [0.15, 0.2) is 17.5 Å². The molecule has 26 heavy (non-hydrogen) atoms. The van der Waals surface area contributed by atoms with Gasteiger partial charge in [-0.15, -0.1) is 35.3 Å². The van der Waals surface area contributed by atoms with Crippen LogP contribution in [-0.2, 0) is 0 Å². The lowest BCUT2D eigenvalue weighted by Crippen LogP contribution is -2.39. The van der Waals surface area contributed by atoms with Crippen molar-refractivity contribution in [2.24, 2.45) is 4.99 Å². The first kappa shape index (κ1) is 22.6. The maximum atomic E-state index is 5.96. The standard InChI is InChI=1S/C19H27N3O2S.HI/c1-5-20-19(22-15(3)18-11-8-12-25-18)21-13-14(2)24-17-10-7-6-9-16(17)23-4;/h6-12,14-15H,5,13H2,1-4H3,(H2,20,21,22);1H. The van der Waals surface area contributed by atoms with E-state index in [-0.39, 0.29) is 36.1 Å². The predicted octanol–water partition coefficient (Wildman–Crippen LogP) is 4.46. The number of nitrogens with one attached hydrogen (secondary N) is 2. The molecule has 1 heterocycles. The van der Waals surface area contributed by atoms with Crippen molar-refractivity contribution in [2.75, 3.05) is 20.2 Å². The molecule has 0 aliphatic carbocycles. The molecule has 0 aliphatic rings. The van der Waals surface area contributed by atoms with Crippen LogP contribution in [0.3, 0.4) is 0 Å². The Hall–Kier alpha value is -1.48. The Labute approximate surface area is 177 Å². The Kier molecular flexibility index (Phi) is 10.4. The maximum Gasteiger partial charge on any atom is 0.191 e. The Morgan fingerprint density at radius 1 is 1.15 bits per heavy atom. The molecule has 2 aromatic rings. The summed E-state index contributed by atoms with van der Waals surface area (Å²) in [5.41, 5.74) is 0. The number of hydrogen-bond acceptors (Lipinski definition) is 4. The molecule has 2 unspecified atom stereocenters.